The number of pyridine rings is 1. The quantitative estimate of drug-likeness (QED) is 0.755. The molecule has 7 nitrogen and oxygen atoms in total. The maximum atomic E-state index is 12.7. The lowest BCUT2D eigenvalue weighted by Gasteiger charge is -2.29. The maximum Gasteiger partial charge on any atom is 0.253 e. The Kier molecular flexibility index (Phi) is 6.87. The monoisotopic (exact) mass is 412 g/mol. The van der Waals surface area contributed by atoms with E-state index in [4.69, 9.17) is 0 Å². The van der Waals surface area contributed by atoms with E-state index in [2.05, 4.69) is 10.3 Å². The Morgan fingerprint density at radius 2 is 2.00 bits per heavy atom. The molecule has 3 amide bonds. The van der Waals surface area contributed by atoms with E-state index in [1.54, 1.807) is 23.2 Å². The van der Waals surface area contributed by atoms with Crippen LogP contribution in [0.2, 0.25) is 0 Å². The van der Waals surface area contributed by atoms with Crippen LogP contribution in [0.4, 0.5) is 5.69 Å². The fourth-order valence-electron chi connectivity index (χ4n) is 3.09. The number of carbonyl (C=O) groups excluding carboxylic acids is 3. The summed E-state index contributed by atoms with van der Waals surface area (Å²) in [7, 11) is 0. The molecule has 0 bridgehead atoms. The van der Waals surface area contributed by atoms with E-state index >= 15 is 0 Å². The molecule has 0 atom stereocenters. The topological polar surface area (TPSA) is 82.6 Å². The Morgan fingerprint density at radius 3 is 2.69 bits per heavy atom. The lowest BCUT2D eigenvalue weighted by atomic mass is 10.1. The molecule has 29 heavy (non-hydrogen) atoms. The van der Waals surface area contributed by atoms with Crippen molar-refractivity contribution < 1.29 is 14.4 Å². The number of benzene rings is 1. The van der Waals surface area contributed by atoms with Gasteiger partial charge in [0.05, 0.1) is 23.7 Å². The summed E-state index contributed by atoms with van der Waals surface area (Å²) < 4.78 is 0. The minimum Gasteiger partial charge on any atom is -0.349 e. The third-order valence-electron chi connectivity index (χ3n) is 4.69. The molecule has 1 N–H and O–H groups in total. The van der Waals surface area contributed by atoms with Gasteiger partial charge in [-0.2, -0.15) is 0 Å². The molecule has 0 aliphatic carbocycles. The van der Waals surface area contributed by atoms with Crippen LogP contribution in [0, 0.1) is 0 Å². The van der Waals surface area contributed by atoms with Gasteiger partial charge in [0.2, 0.25) is 11.8 Å². The van der Waals surface area contributed by atoms with Crippen LogP contribution < -0.4 is 10.2 Å². The van der Waals surface area contributed by atoms with Crippen molar-refractivity contribution in [2.45, 2.75) is 25.3 Å². The highest BCUT2D eigenvalue weighted by molar-refractivity contribution is 8.00. The average Bonchev–Trinajstić information content (AvgIpc) is 2.75. The number of hydrogen-bond acceptors (Lipinski definition) is 5. The molecule has 1 aromatic carbocycles. The zero-order valence-electron chi connectivity index (χ0n) is 16.6. The highest BCUT2D eigenvalue weighted by Crippen LogP contribution is 2.36. The number of amides is 3. The zero-order chi connectivity index (χ0) is 20.8. The normalized spacial score (nSPS) is 13.0. The molecule has 2 heterocycles. The molecule has 0 unspecified atom stereocenters. The van der Waals surface area contributed by atoms with Gasteiger partial charge in [0, 0.05) is 29.7 Å². The van der Waals surface area contributed by atoms with Crippen LogP contribution in [0.1, 0.15) is 29.9 Å². The van der Waals surface area contributed by atoms with E-state index in [1.165, 1.54) is 16.7 Å². The predicted molar refractivity (Wildman–Crippen MR) is 113 cm³/mol. The van der Waals surface area contributed by atoms with E-state index in [9.17, 15) is 14.4 Å². The number of nitrogens with one attached hydrogen (secondary N) is 1. The molecule has 0 spiro atoms. The summed E-state index contributed by atoms with van der Waals surface area (Å²) in [6.07, 6.45) is 1.66. The van der Waals surface area contributed by atoms with Crippen molar-refractivity contribution in [1.29, 1.82) is 0 Å². The Bertz CT molecular complexity index is 900. The zero-order valence-corrected chi connectivity index (χ0v) is 17.4. The first-order chi connectivity index (χ1) is 14.0. The highest BCUT2D eigenvalue weighted by atomic mass is 32.2. The van der Waals surface area contributed by atoms with Crippen LogP contribution in [0.3, 0.4) is 0 Å². The molecule has 2 aromatic rings. The second-order valence-corrected chi connectivity index (χ2v) is 7.54. The third-order valence-corrected chi connectivity index (χ3v) is 5.74. The van der Waals surface area contributed by atoms with Gasteiger partial charge in [-0.1, -0.05) is 6.07 Å². The number of nitrogens with zero attached hydrogens (tertiary/aromatic N) is 3. The maximum absolute atomic E-state index is 12.7. The summed E-state index contributed by atoms with van der Waals surface area (Å²) in [6.45, 7) is 5.28. The van der Waals surface area contributed by atoms with Gasteiger partial charge in [-0.15, -0.1) is 11.8 Å². The average molecular weight is 413 g/mol. The van der Waals surface area contributed by atoms with E-state index in [1.807, 2.05) is 38.1 Å². The molecule has 152 valence electrons. The van der Waals surface area contributed by atoms with Crippen LogP contribution in [-0.4, -0.2) is 53.0 Å². The lowest BCUT2D eigenvalue weighted by Crippen LogP contribution is -2.43. The summed E-state index contributed by atoms with van der Waals surface area (Å²) in [6, 6.07) is 10.8. The van der Waals surface area contributed by atoms with Crippen LogP contribution in [0.15, 0.2) is 47.5 Å². The number of carbonyl (C=O) groups is 3. The third kappa shape index (κ3) is 4.95. The van der Waals surface area contributed by atoms with Crippen LogP contribution in [-0.2, 0) is 16.1 Å². The Hall–Kier alpha value is -2.87. The van der Waals surface area contributed by atoms with Crippen LogP contribution in [0.25, 0.3) is 0 Å². The molecular formula is C21H24N4O3S. The van der Waals surface area contributed by atoms with Gasteiger partial charge in [-0.3, -0.25) is 19.4 Å². The first kappa shape index (κ1) is 20.9. The number of rotatable bonds is 7. The van der Waals surface area contributed by atoms with Gasteiger partial charge in [0.1, 0.15) is 6.54 Å². The van der Waals surface area contributed by atoms with Crippen molar-refractivity contribution in [3.8, 4) is 0 Å². The molecule has 8 heteroatoms. The van der Waals surface area contributed by atoms with Gasteiger partial charge < -0.3 is 15.1 Å². The molecule has 1 aliphatic rings. The number of hydrogen-bond donors (Lipinski definition) is 1. The molecule has 0 fully saturated rings. The summed E-state index contributed by atoms with van der Waals surface area (Å²) in [5, 5.41) is 2.79. The predicted octanol–water partition coefficient (Wildman–Crippen LogP) is 2.32. The van der Waals surface area contributed by atoms with Crippen LogP contribution >= 0.6 is 11.8 Å². The van der Waals surface area contributed by atoms with Gasteiger partial charge >= 0.3 is 0 Å². The summed E-state index contributed by atoms with van der Waals surface area (Å²) in [5.41, 5.74) is 1.87. The van der Waals surface area contributed by atoms with E-state index in [-0.39, 0.29) is 30.0 Å². The van der Waals surface area contributed by atoms with Crippen LogP contribution in [0.5, 0.6) is 0 Å². The largest absolute Gasteiger partial charge is 0.349 e. The van der Waals surface area contributed by atoms with Crippen molar-refractivity contribution in [2.24, 2.45) is 0 Å². The first-order valence-corrected chi connectivity index (χ1v) is 10.5. The second-order valence-electron chi connectivity index (χ2n) is 6.53. The lowest BCUT2D eigenvalue weighted by molar-refractivity contribution is -0.123. The van der Waals surface area contributed by atoms with Gasteiger partial charge in [0.25, 0.3) is 5.91 Å². The van der Waals surface area contributed by atoms with E-state index in [0.29, 0.717) is 30.9 Å². The molecule has 1 aromatic heterocycles. The molecule has 0 saturated heterocycles. The molecule has 1 aliphatic heterocycles. The fraction of sp³-hybridized carbons (Fsp3) is 0.333. The fourth-order valence-corrected chi connectivity index (χ4v) is 4.01. The second kappa shape index (κ2) is 9.56. The molecule has 0 radical (unpaired) electrons. The highest BCUT2D eigenvalue weighted by Gasteiger charge is 2.28. The van der Waals surface area contributed by atoms with Crippen molar-refractivity contribution in [1.82, 2.24) is 15.2 Å². The Morgan fingerprint density at radius 1 is 1.21 bits per heavy atom. The van der Waals surface area contributed by atoms with Crippen molar-refractivity contribution in [2.75, 3.05) is 30.3 Å². The Labute approximate surface area is 174 Å². The van der Waals surface area contributed by atoms with Crippen molar-refractivity contribution in [3.05, 3.63) is 53.9 Å². The van der Waals surface area contributed by atoms with Gasteiger partial charge in [-0.25, -0.2) is 0 Å². The molecular weight excluding hydrogens is 388 g/mol. The van der Waals surface area contributed by atoms with Crippen molar-refractivity contribution in [3.63, 3.8) is 0 Å². The molecule has 3 rings (SSSR count). The minimum atomic E-state index is -0.276. The molecule has 0 saturated carbocycles. The standard InChI is InChI=1S/C21H24N4O3S/c1-3-24(4-2)21(28)15-8-9-18-17(11-15)25(20(27)14-29-18)13-19(26)23-12-16-7-5-6-10-22-16/h5-11H,3-4,12-14H2,1-2H3,(H,23,26). The van der Waals surface area contributed by atoms with Gasteiger partial charge in [0.15, 0.2) is 0 Å². The smallest absolute Gasteiger partial charge is 0.253 e. The SMILES string of the molecule is CCN(CC)C(=O)c1ccc2c(c1)N(CC(=O)NCc1ccccn1)C(=O)CS2. The number of thioether (sulfide) groups is 1. The minimum absolute atomic E-state index is 0.0830. The summed E-state index contributed by atoms with van der Waals surface area (Å²) in [5.74, 6) is -0.241. The van der Waals surface area contributed by atoms with E-state index in [0.717, 1.165) is 10.6 Å². The van der Waals surface area contributed by atoms with E-state index < -0.39 is 0 Å². The summed E-state index contributed by atoms with van der Waals surface area (Å²) in [4.78, 5) is 45.9. The number of anilines is 1. The first-order valence-electron chi connectivity index (χ1n) is 9.56. The van der Waals surface area contributed by atoms with Gasteiger partial charge in [-0.05, 0) is 44.2 Å². The summed E-state index contributed by atoms with van der Waals surface area (Å²) >= 11 is 1.42. The number of aromatic nitrogens is 1. The Balaban J connectivity index is 1.76. The van der Waals surface area contributed by atoms with Crippen molar-refractivity contribution >= 4 is 35.2 Å². The number of fused-ring (bicyclic) bond motifs is 1.